The lowest BCUT2D eigenvalue weighted by molar-refractivity contribution is -0.116. The van der Waals surface area contributed by atoms with Crippen LogP contribution in [0.2, 0.25) is 0 Å². The van der Waals surface area contributed by atoms with E-state index < -0.39 is 0 Å². The lowest BCUT2D eigenvalue weighted by Crippen LogP contribution is -2.07. The quantitative estimate of drug-likeness (QED) is 0.896. The van der Waals surface area contributed by atoms with E-state index in [-0.39, 0.29) is 23.6 Å². The number of benzene rings is 2. The molecule has 2 atom stereocenters. The summed E-state index contributed by atoms with van der Waals surface area (Å²) in [4.78, 5) is 11.5. The minimum atomic E-state index is -0.217. The van der Waals surface area contributed by atoms with Gasteiger partial charge in [-0.15, -0.1) is 0 Å². The van der Waals surface area contributed by atoms with Gasteiger partial charge in [0.15, 0.2) is 23.0 Å². The van der Waals surface area contributed by atoms with Crippen LogP contribution in [-0.2, 0) is 11.2 Å². The van der Waals surface area contributed by atoms with Crippen LogP contribution < -0.4 is 14.2 Å². The number of Topliss-reactive ketones (excluding diaryl/α,β-unsaturated/α-hetero) is 1. The zero-order chi connectivity index (χ0) is 18.1. The minimum Gasteiger partial charge on any atom is -0.504 e. The molecule has 0 aliphatic carbocycles. The first-order chi connectivity index (χ1) is 11.9. The third-order valence-electron chi connectivity index (χ3n) is 4.54. The van der Waals surface area contributed by atoms with Gasteiger partial charge in [-0.25, -0.2) is 0 Å². The molecule has 132 valence electrons. The van der Waals surface area contributed by atoms with Crippen LogP contribution in [-0.4, -0.2) is 25.1 Å². The first kappa shape index (κ1) is 17.1. The summed E-state index contributed by atoms with van der Waals surface area (Å²) in [5.74, 6) is 2.02. The van der Waals surface area contributed by atoms with E-state index in [1.54, 1.807) is 26.2 Å². The second-order valence-electron chi connectivity index (χ2n) is 6.35. The number of hydrogen-bond donors (Lipinski definition) is 1. The minimum absolute atomic E-state index is 0.0741. The van der Waals surface area contributed by atoms with Crippen molar-refractivity contribution in [3.63, 3.8) is 0 Å². The van der Waals surface area contributed by atoms with Crippen LogP contribution >= 0.6 is 0 Å². The van der Waals surface area contributed by atoms with Gasteiger partial charge >= 0.3 is 0 Å². The average molecular weight is 342 g/mol. The Morgan fingerprint density at radius 3 is 2.52 bits per heavy atom. The summed E-state index contributed by atoms with van der Waals surface area (Å²) >= 11 is 0. The molecule has 0 fully saturated rings. The SMILES string of the molecule is COc1cc(C2Oc3c(OC)cc(CC(C)=O)cc3C2C)ccc1O. The molecular weight excluding hydrogens is 320 g/mol. The standard InChI is InChI=1S/C20H22O5/c1-11(21)7-13-8-15-12(2)19(25-20(15)18(9-13)24-4)14-5-6-16(22)17(10-14)23-3/h5-6,8-10,12,19,22H,7H2,1-4H3. The molecule has 0 saturated carbocycles. The molecule has 0 radical (unpaired) electrons. The monoisotopic (exact) mass is 342 g/mol. The highest BCUT2D eigenvalue weighted by Crippen LogP contribution is 2.51. The number of hydrogen-bond acceptors (Lipinski definition) is 5. The van der Waals surface area contributed by atoms with Gasteiger partial charge in [0.2, 0.25) is 0 Å². The molecule has 1 N–H and O–H groups in total. The van der Waals surface area contributed by atoms with Crippen molar-refractivity contribution in [3.8, 4) is 23.0 Å². The van der Waals surface area contributed by atoms with Crippen LogP contribution in [0.3, 0.4) is 0 Å². The maximum absolute atomic E-state index is 11.5. The topological polar surface area (TPSA) is 65.0 Å². The molecule has 0 aromatic heterocycles. The van der Waals surface area contributed by atoms with E-state index in [9.17, 15) is 9.90 Å². The van der Waals surface area contributed by atoms with Crippen molar-refractivity contribution in [1.29, 1.82) is 0 Å². The van der Waals surface area contributed by atoms with Crippen LogP contribution in [0.1, 0.15) is 42.6 Å². The van der Waals surface area contributed by atoms with Crippen LogP contribution in [0, 0.1) is 0 Å². The Morgan fingerprint density at radius 1 is 1.16 bits per heavy atom. The maximum atomic E-state index is 11.5. The zero-order valence-corrected chi connectivity index (χ0v) is 14.8. The molecule has 2 aromatic carbocycles. The van der Waals surface area contributed by atoms with Gasteiger partial charge in [0.25, 0.3) is 0 Å². The molecule has 2 unspecified atom stereocenters. The van der Waals surface area contributed by atoms with Crippen LogP contribution in [0.25, 0.3) is 0 Å². The normalized spacial score (nSPS) is 18.4. The number of rotatable bonds is 5. The molecule has 5 nitrogen and oxygen atoms in total. The molecule has 5 heteroatoms. The van der Waals surface area contributed by atoms with Crippen LogP contribution in [0.5, 0.6) is 23.0 Å². The highest BCUT2D eigenvalue weighted by molar-refractivity contribution is 5.78. The zero-order valence-electron chi connectivity index (χ0n) is 14.8. The van der Waals surface area contributed by atoms with Crippen molar-refractivity contribution < 1.29 is 24.1 Å². The second kappa shape index (κ2) is 6.67. The van der Waals surface area contributed by atoms with Gasteiger partial charge < -0.3 is 19.3 Å². The molecule has 0 spiro atoms. The molecule has 1 heterocycles. The molecule has 1 aliphatic heterocycles. The summed E-state index contributed by atoms with van der Waals surface area (Å²) in [6, 6.07) is 9.08. The first-order valence-electron chi connectivity index (χ1n) is 8.18. The van der Waals surface area contributed by atoms with Crippen LogP contribution in [0.4, 0.5) is 0 Å². The first-order valence-corrected chi connectivity index (χ1v) is 8.18. The molecular formula is C20H22O5. The molecule has 25 heavy (non-hydrogen) atoms. The van der Waals surface area contributed by atoms with E-state index in [1.165, 1.54) is 7.11 Å². The Kier molecular flexibility index (Phi) is 4.57. The number of ether oxygens (including phenoxy) is 3. The lowest BCUT2D eigenvalue weighted by atomic mass is 9.91. The van der Waals surface area contributed by atoms with Crippen molar-refractivity contribution in [2.45, 2.75) is 32.3 Å². The largest absolute Gasteiger partial charge is 0.504 e. The molecule has 1 aliphatic rings. The predicted molar refractivity (Wildman–Crippen MR) is 93.8 cm³/mol. The average Bonchev–Trinajstić information content (AvgIpc) is 2.91. The van der Waals surface area contributed by atoms with E-state index >= 15 is 0 Å². The van der Waals surface area contributed by atoms with Crippen molar-refractivity contribution in [1.82, 2.24) is 0 Å². The highest BCUT2D eigenvalue weighted by Gasteiger charge is 2.35. The molecule has 0 amide bonds. The molecule has 2 aromatic rings. The number of methoxy groups -OCH3 is 2. The van der Waals surface area contributed by atoms with Gasteiger partial charge in [-0.2, -0.15) is 0 Å². The Labute approximate surface area is 147 Å². The Morgan fingerprint density at radius 2 is 1.88 bits per heavy atom. The van der Waals surface area contributed by atoms with Crippen molar-refractivity contribution in [3.05, 3.63) is 47.0 Å². The summed E-state index contributed by atoms with van der Waals surface area (Å²) in [7, 11) is 3.11. The number of fused-ring (bicyclic) bond motifs is 1. The molecule has 0 bridgehead atoms. The Bertz CT molecular complexity index is 812. The maximum Gasteiger partial charge on any atom is 0.165 e. The van der Waals surface area contributed by atoms with Gasteiger partial charge in [-0.1, -0.05) is 19.1 Å². The van der Waals surface area contributed by atoms with Gasteiger partial charge in [-0.3, -0.25) is 4.79 Å². The van der Waals surface area contributed by atoms with Gasteiger partial charge in [0.05, 0.1) is 14.2 Å². The summed E-state index contributed by atoms with van der Waals surface area (Å²) in [5, 5.41) is 9.80. The Balaban J connectivity index is 2.00. The number of ketones is 1. The fourth-order valence-corrected chi connectivity index (χ4v) is 3.31. The summed E-state index contributed by atoms with van der Waals surface area (Å²) in [5.41, 5.74) is 2.85. The van der Waals surface area contributed by atoms with Gasteiger partial charge in [-0.05, 0) is 36.2 Å². The highest BCUT2D eigenvalue weighted by atomic mass is 16.5. The lowest BCUT2D eigenvalue weighted by Gasteiger charge is -2.17. The van der Waals surface area contributed by atoms with Crippen LogP contribution in [0.15, 0.2) is 30.3 Å². The fourth-order valence-electron chi connectivity index (χ4n) is 3.31. The van der Waals surface area contributed by atoms with E-state index in [0.29, 0.717) is 23.7 Å². The number of carbonyl (C=O) groups excluding carboxylic acids is 1. The molecule has 0 saturated heterocycles. The summed E-state index contributed by atoms with van der Waals surface area (Å²) in [6.07, 6.45) is 0.152. The fraction of sp³-hybridized carbons (Fsp3) is 0.350. The number of phenolic OH excluding ortho intramolecular Hbond substituents is 1. The van der Waals surface area contributed by atoms with Gasteiger partial charge in [0, 0.05) is 17.9 Å². The number of phenols is 1. The number of aromatic hydroxyl groups is 1. The Hall–Kier alpha value is -2.69. The van der Waals surface area contributed by atoms with E-state index in [0.717, 1.165) is 16.7 Å². The number of carbonyl (C=O) groups is 1. The van der Waals surface area contributed by atoms with Crippen molar-refractivity contribution in [2.24, 2.45) is 0 Å². The van der Waals surface area contributed by atoms with E-state index in [1.807, 2.05) is 18.2 Å². The summed E-state index contributed by atoms with van der Waals surface area (Å²) < 4.78 is 16.9. The van der Waals surface area contributed by atoms with E-state index in [2.05, 4.69) is 6.92 Å². The second-order valence-corrected chi connectivity index (χ2v) is 6.35. The van der Waals surface area contributed by atoms with Crippen molar-refractivity contribution >= 4 is 5.78 Å². The summed E-state index contributed by atoms with van der Waals surface area (Å²) in [6.45, 7) is 3.65. The van der Waals surface area contributed by atoms with E-state index in [4.69, 9.17) is 14.2 Å². The van der Waals surface area contributed by atoms with Gasteiger partial charge in [0.1, 0.15) is 11.9 Å². The molecule has 3 rings (SSSR count). The third kappa shape index (κ3) is 3.14. The smallest absolute Gasteiger partial charge is 0.165 e. The van der Waals surface area contributed by atoms with Crippen molar-refractivity contribution in [2.75, 3.05) is 14.2 Å². The predicted octanol–water partition coefficient (Wildman–Crippen LogP) is 3.78. The third-order valence-corrected chi connectivity index (χ3v) is 4.54.